The van der Waals surface area contributed by atoms with Gasteiger partial charge in [0, 0.05) is 13.0 Å². The van der Waals surface area contributed by atoms with Gasteiger partial charge in [-0.15, -0.1) is 0 Å². The SMILES string of the molecule is CCN(CC(=O)O)c1cc2c(cc1F)C(=O)N(C1CCC(=O)NC1=O)C2=O. The molecule has 1 saturated heterocycles. The maximum Gasteiger partial charge on any atom is 0.323 e. The van der Waals surface area contributed by atoms with Gasteiger partial charge >= 0.3 is 5.97 Å². The third-order valence-electron chi connectivity index (χ3n) is 4.56. The first-order valence-corrected chi connectivity index (χ1v) is 8.26. The van der Waals surface area contributed by atoms with Crippen molar-refractivity contribution in [3.63, 3.8) is 0 Å². The molecular formula is C17H16FN3O6. The second-order valence-corrected chi connectivity index (χ2v) is 6.20. The van der Waals surface area contributed by atoms with E-state index in [-0.39, 0.29) is 36.2 Å². The number of anilines is 1. The Bertz CT molecular complexity index is 884. The van der Waals surface area contributed by atoms with E-state index < -0.39 is 48.0 Å². The number of likely N-dealkylation sites (N-methyl/N-ethyl adjacent to an activating group) is 1. The highest BCUT2D eigenvalue weighted by Crippen LogP contribution is 2.32. The van der Waals surface area contributed by atoms with E-state index in [1.807, 2.05) is 0 Å². The van der Waals surface area contributed by atoms with Gasteiger partial charge in [-0.1, -0.05) is 0 Å². The Morgan fingerprint density at radius 2 is 1.89 bits per heavy atom. The molecule has 142 valence electrons. The third-order valence-corrected chi connectivity index (χ3v) is 4.56. The maximum atomic E-state index is 14.5. The van der Waals surface area contributed by atoms with Gasteiger partial charge in [0.1, 0.15) is 18.4 Å². The Morgan fingerprint density at radius 3 is 2.44 bits per heavy atom. The van der Waals surface area contributed by atoms with E-state index in [0.29, 0.717) is 0 Å². The molecule has 10 heteroatoms. The van der Waals surface area contributed by atoms with Crippen LogP contribution in [0.15, 0.2) is 12.1 Å². The zero-order valence-corrected chi connectivity index (χ0v) is 14.3. The van der Waals surface area contributed by atoms with Crippen molar-refractivity contribution in [3.05, 3.63) is 29.1 Å². The zero-order valence-electron chi connectivity index (χ0n) is 14.3. The molecule has 2 N–H and O–H groups in total. The van der Waals surface area contributed by atoms with E-state index >= 15 is 0 Å². The van der Waals surface area contributed by atoms with Crippen molar-refractivity contribution in [2.24, 2.45) is 0 Å². The van der Waals surface area contributed by atoms with Crippen molar-refractivity contribution in [1.29, 1.82) is 0 Å². The number of hydrogen-bond donors (Lipinski definition) is 2. The summed E-state index contributed by atoms with van der Waals surface area (Å²) in [5.74, 6) is -4.88. The molecule has 27 heavy (non-hydrogen) atoms. The second-order valence-electron chi connectivity index (χ2n) is 6.20. The van der Waals surface area contributed by atoms with Crippen LogP contribution in [0.2, 0.25) is 0 Å². The summed E-state index contributed by atoms with van der Waals surface area (Å²) < 4.78 is 14.5. The summed E-state index contributed by atoms with van der Waals surface area (Å²) >= 11 is 0. The van der Waals surface area contributed by atoms with Crippen molar-refractivity contribution in [2.75, 3.05) is 18.0 Å². The summed E-state index contributed by atoms with van der Waals surface area (Å²) in [7, 11) is 0. The average molecular weight is 377 g/mol. The minimum atomic E-state index is -1.18. The Morgan fingerprint density at radius 1 is 1.26 bits per heavy atom. The zero-order chi connectivity index (χ0) is 19.9. The van der Waals surface area contributed by atoms with Gasteiger partial charge in [0.15, 0.2) is 0 Å². The number of carboxylic acid groups (broad SMARTS) is 1. The van der Waals surface area contributed by atoms with Crippen LogP contribution < -0.4 is 10.2 Å². The molecule has 0 saturated carbocycles. The summed E-state index contributed by atoms with van der Waals surface area (Å²) in [6.07, 6.45) is -0.0305. The standard InChI is InChI=1S/C17H16FN3O6/c1-2-20(7-14(23)24)12-6-9-8(5-10(12)18)16(26)21(17(9)27)11-3-4-13(22)19-15(11)25/h5-6,11H,2-4,7H2,1H3,(H,23,24)(H,19,22,25). The molecule has 1 atom stereocenters. The highest BCUT2D eigenvalue weighted by atomic mass is 19.1. The third kappa shape index (κ3) is 3.14. The van der Waals surface area contributed by atoms with Gasteiger partial charge < -0.3 is 10.0 Å². The Hall–Kier alpha value is -3.30. The first-order chi connectivity index (χ1) is 12.7. The van der Waals surface area contributed by atoms with E-state index in [9.17, 15) is 28.4 Å². The molecule has 3 rings (SSSR count). The number of nitrogens with zero attached hydrogens (tertiary/aromatic N) is 2. The molecule has 2 heterocycles. The van der Waals surface area contributed by atoms with Crippen molar-refractivity contribution >= 4 is 35.3 Å². The molecule has 2 aliphatic heterocycles. The van der Waals surface area contributed by atoms with E-state index in [2.05, 4.69) is 5.32 Å². The number of benzene rings is 1. The molecule has 0 aromatic heterocycles. The molecule has 9 nitrogen and oxygen atoms in total. The van der Waals surface area contributed by atoms with Gasteiger partial charge in [0.05, 0.1) is 16.8 Å². The van der Waals surface area contributed by atoms with Crippen LogP contribution in [0, 0.1) is 5.82 Å². The molecule has 4 amide bonds. The monoisotopic (exact) mass is 377 g/mol. The van der Waals surface area contributed by atoms with Crippen LogP contribution in [0.5, 0.6) is 0 Å². The summed E-state index contributed by atoms with van der Waals surface area (Å²) in [4.78, 5) is 61.5. The topological polar surface area (TPSA) is 124 Å². The summed E-state index contributed by atoms with van der Waals surface area (Å²) in [5.41, 5.74) is -0.424. The first-order valence-electron chi connectivity index (χ1n) is 8.26. The van der Waals surface area contributed by atoms with Gasteiger partial charge in [0.2, 0.25) is 11.8 Å². The van der Waals surface area contributed by atoms with Crippen molar-refractivity contribution in [2.45, 2.75) is 25.8 Å². The Balaban J connectivity index is 1.98. The number of carbonyl (C=O) groups excluding carboxylic acids is 4. The van der Waals surface area contributed by atoms with E-state index in [4.69, 9.17) is 5.11 Å². The minimum Gasteiger partial charge on any atom is -0.480 e. The number of halogens is 1. The number of nitrogens with one attached hydrogen (secondary N) is 1. The number of piperidine rings is 1. The molecule has 1 fully saturated rings. The molecule has 1 aromatic rings. The van der Waals surface area contributed by atoms with Crippen molar-refractivity contribution in [1.82, 2.24) is 10.2 Å². The lowest BCUT2D eigenvalue weighted by Gasteiger charge is -2.27. The number of rotatable bonds is 5. The van der Waals surface area contributed by atoms with Gasteiger partial charge in [-0.25, -0.2) is 4.39 Å². The number of hydrogen-bond acceptors (Lipinski definition) is 6. The lowest BCUT2D eigenvalue weighted by Crippen LogP contribution is -2.54. The van der Waals surface area contributed by atoms with Gasteiger partial charge in [0.25, 0.3) is 11.8 Å². The highest BCUT2D eigenvalue weighted by molar-refractivity contribution is 6.23. The van der Waals surface area contributed by atoms with E-state index in [1.54, 1.807) is 6.92 Å². The van der Waals surface area contributed by atoms with E-state index in [0.717, 1.165) is 17.0 Å². The number of carbonyl (C=O) groups is 5. The fourth-order valence-corrected chi connectivity index (χ4v) is 3.25. The van der Waals surface area contributed by atoms with Crippen LogP contribution in [-0.4, -0.2) is 58.7 Å². The van der Waals surface area contributed by atoms with Crippen LogP contribution in [0.1, 0.15) is 40.5 Å². The predicted octanol–water partition coefficient (Wildman–Crippen LogP) is 0.138. The quantitative estimate of drug-likeness (QED) is 0.699. The first kappa shape index (κ1) is 18.5. The highest BCUT2D eigenvalue weighted by Gasteiger charge is 2.45. The fraction of sp³-hybridized carbons (Fsp3) is 0.353. The predicted molar refractivity (Wildman–Crippen MR) is 88.6 cm³/mol. The van der Waals surface area contributed by atoms with Crippen molar-refractivity contribution < 1.29 is 33.5 Å². The van der Waals surface area contributed by atoms with Crippen LogP contribution >= 0.6 is 0 Å². The molecular weight excluding hydrogens is 361 g/mol. The maximum absolute atomic E-state index is 14.5. The lowest BCUT2D eigenvalue weighted by molar-refractivity contribution is -0.137. The molecule has 2 aliphatic rings. The number of aliphatic carboxylic acids is 1. The lowest BCUT2D eigenvalue weighted by atomic mass is 10.0. The fourth-order valence-electron chi connectivity index (χ4n) is 3.25. The molecule has 1 unspecified atom stereocenters. The number of carboxylic acids is 1. The summed E-state index contributed by atoms with van der Waals surface area (Å²) in [5, 5.41) is 11.0. The Kier molecular flexibility index (Phi) is 4.64. The van der Waals surface area contributed by atoms with E-state index in [1.165, 1.54) is 4.90 Å². The number of imide groups is 2. The normalized spacial score (nSPS) is 19.2. The Labute approximate surface area is 152 Å². The average Bonchev–Trinajstić information content (AvgIpc) is 2.83. The second kappa shape index (κ2) is 6.78. The summed E-state index contributed by atoms with van der Waals surface area (Å²) in [6.45, 7) is 1.31. The number of amides is 4. The van der Waals surface area contributed by atoms with Crippen LogP contribution in [0.25, 0.3) is 0 Å². The minimum absolute atomic E-state index is 0.00836. The van der Waals surface area contributed by atoms with Gasteiger partial charge in [-0.05, 0) is 25.5 Å². The molecule has 0 bridgehead atoms. The molecule has 0 aliphatic carbocycles. The van der Waals surface area contributed by atoms with Crippen LogP contribution in [-0.2, 0) is 14.4 Å². The smallest absolute Gasteiger partial charge is 0.323 e. The van der Waals surface area contributed by atoms with Gasteiger partial charge in [-0.3, -0.25) is 34.2 Å². The van der Waals surface area contributed by atoms with Crippen LogP contribution in [0.4, 0.5) is 10.1 Å². The van der Waals surface area contributed by atoms with Crippen molar-refractivity contribution in [3.8, 4) is 0 Å². The largest absolute Gasteiger partial charge is 0.480 e. The summed E-state index contributed by atoms with van der Waals surface area (Å²) in [6, 6.07) is 0.854. The molecule has 0 spiro atoms. The van der Waals surface area contributed by atoms with Crippen LogP contribution in [0.3, 0.4) is 0 Å². The van der Waals surface area contributed by atoms with Gasteiger partial charge in [-0.2, -0.15) is 0 Å². The number of fused-ring (bicyclic) bond motifs is 1. The molecule has 1 aromatic carbocycles. The molecule has 0 radical (unpaired) electrons.